The molecule has 0 unspecified atom stereocenters. The van der Waals surface area contributed by atoms with E-state index in [-0.39, 0.29) is 5.91 Å². The summed E-state index contributed by atoms with van der Waals surface area (Å²) in [5, 5.41) is 15.1. The van der Waals surface area contributed by atoms with Crippen LogP contribution in [0, 0.1) is 0 Å². The van der Waals surface area contributed by atoms with Crippen LogP contribution in [0.4, 0.5) is 0 Å². The van der Waals surface area contributed by atoms with Gasteiger partial charge in [0.1, 0.15) is 9.88 Å². The molecular formula is C17H23N5O2S. The van der Waals surface area contributed by atoms with Crippen molar-refractivity contribution in [2.45, 2.75) is 45.5 Å². The zero-order valence-corrected chi connectivity index (χ0v) is 15.2. The first-order valence-corrected chi connectivity index (χ1v) is 9.63. The molecule has 0 aromatic carbocycles. The smallest absolute Gasteiger partial charge is 0.265 e. The standard InChI is InChI=1S/C17H23N5O2S/c1-12(23)14-8-13-10-21(6-7-22(13)19-14)17(24)15-9-18-16(25-15)11-20-4-2-3-5-20/h8-9,12,23H,2-7,10-11H2,1H3/t12-/m1/s1. The van der Waals surface area contributed by atoms with Crippen LogP contribution in [0.25, 0.3) is 0 Å². The maximum absolute atomic E-state index is 12.8. The van der Waals surface area contributed by atoms with Gasteiger partial charge in [0.2, 0.25) is 0 Å². The molecule has 2 aliphatic rings. The first kappa shape index (κ1) is 16.7. The highest BCUT2D eigenvalue weighted by Crippen LogP contribution is 2.23. The van der Waals surface area contributed by atoms with Crippen LogP contribution in [0.3, 0.4) is 0 Å². The van der Waals surface area contributed by atoms with Crippen molar-refractivity contribution in [1.82, 2.24) is 24.6 Å². The van der Waals surface area contributed by atoms with Crippen molar-refractivity contribution in [1.29, 1.82) is 0 Å². The summed E-state index contributed by atoms with van der Waals surface area (Å²) in [6.45, 7) is 6.63. The second kappa shape index (κ2) is 6.86. The molecule has 1 N–H and O–H groups in total. The maximum atomic E-state index is 12.8. The van der Waals surface area contributed by atoms with E-state index in [1.165, 1.54) is 24.2 Å². The molecule has 0 spiro atoms. The molecule has 2 aliphatic heterocycles. The molecule has 7 nitrogen and oxygen atoms in total. The Morgan fingerprint density at radius 1 is 1.32 bits per heavy atom. The quantitative estimate of drug-likeness (QED) is 0.896. The predicted molar refractivity (Wildman–Crippen MR) is 94.2 cm³/mol. The molecule has 0 aliphatic carbocycles. The van der Waals surface area contributed by atoms with E-state index in [4.69, 9.17) is 0 Å². The Bertz CT molecular complexity index is 763. The van der Waals surface area contributed by atoms with E-state index in [1.807, 2.05) is 15.6 Å². The second-order valence-corrected chi connectivity index (χ2v) is 7.90. The monoisotopic (exact) mass is 361 g/mol. The number of aliphatic hydroxyl groups excluding tert-OH is 1. The van der Waals surface area contributed by atoms with Gasteiger partial charge < -0.3 is 10.0 Å². The molecular weight excluding hydrogens is 338 g/mol. The summed E-state index contributed by atoms with van der Waals surface area (Å²) in [5.41, 5.74) is 1.63. The van der Waals surface area contributed by atoms with Crippen molar-refractivity contribution in [2.24, 2.45) is 0 Å². The van der Waals surface area contributed by atoms with Crippen LogP contribution < -0.4 is 0 Å². The van der Waals surface area contributed by atoms with Gasteiger partial charge in [-0.25, -0.2) is 4.98 Å². The number of likely N-dealkylation sites (tertiary alicyclic amines) is 1. The number of rotatable bonds is 4. The summed E-state index contributed by atoms with van der Waals surface area (Å²) in [6, 6.07) is 1.88. The summed E-state index contributed by atoms with van der Waals surface area (Å²) < 4.78 is 1.89. The summed E-state index contributed by atoms with van der Waals surface area (Å²) in [7, 11) is 0. The fourth-order valence-corrected chi connectivity index (χ4v) is 4.36. The largest absolute Gasteiger partial charge is 0.387 e. The Labute approximate surface area is 150 Å². The third-order valence-corrected chi connectivity index (χ3v) is 5.82. The fraction of sp³-hybridized carbons (Fsp3) is 0.588. The van der Waals surface area contributed by atoms with Crippen LogP contribution in [-0.4, -0.2) is 55.2 Å². The van der Waals surface area contributed by atoms with Crippen molar-refractivity contribution >= 4 is 17.2 Å². The van der Waals surface area contributed by atoms with Crippen molar-refractivity contribution in [3.05, 3.63) is 33.5 Å². The topological polar surface area (TPSA) is 74.5 Å². The van der Waals surface area contributed by atoms with Crippen LogP contribution in [0.1, 0.15) is 51.9 Å². The van der Waals surface area contributed by atoms with E-state index in [0.717, 1.165) is 30.3 Å². The van der Waals surface area contributed by atoms with Crippen LogP contribution in [0.15, 0.2) is 12.3 Å². The van der Waals surface area contributed by atoms with Gasteiger partial charge in [-0.3, -0.25) is 14.4 Å². The van der Waals surface area contributed by atoms with Crippen LogP contribution in [-0.2, 0) is 19.6 Å². The lowest BCUT2D eigenvalue weighted by Crippen LogP contribution is -2.38. The van der Waals surface area contributed by atoms with Gasteiger partial charge in [0, 0.05) is 6.54 Å². The summed E-state index contributed by atoms with van der Waals surface area (Å²) in [6.07, 6.45) is 3.64. The van der Waals surface area contributed by atoms with E-state index in [1.54, 1.807) is 13.1 Å². The highest BCUT2D eigenvalue weighted by molar-refractivity contribution is 7.13. The number of aromatic nitrogens is 3. The normalized spacial score (nSPS) is 19.2. The minimum absolute atomic E-state index is 0.0382. The van der Waals surface area contributed by atoms with Gasteiger partial charge in [-0.1, -0.05) is 0 Å². The van der Waals surface area contributed by atoms with Gasteiger partial charge in [0.25, 0.3) is 5.91 Å². The Morgan fingerprint density at radius 3 is 2.88 bits per heavy atom. The molecule has 1 saturated heterocycles. The van der Waals surface area contributed by atoms with Gasteiger partial charge in [-0.15, -0.1) is 11.3 Å². The number of amides is 1. The molecule has 4 rings (SSSR count). The maximum Gasteiger partial charge on any atom is 0.265 e. The minimum atomic E-state index is -0.586. The fourth-order valence-electron chi connectivity index (χ4n) is 3.44. The average Bonchev–Trinajstić information content (AvgIpc) is 3.34. The average molecular weight is 361 g/mol. The Balaban J connectivity index is 1.43. The third kappa shape index (κ3) is 3.47. The zero-order chi connectivity index (χ0) is 17.4. The molecule has 1 atom stereocenters. The number of thiazole rings is 1. The molecule has 4 heterocycles. The van der Waals surface area contributed by atoms with E-state index in [2.05, 4.69) is 15.0 Å². The van der Waals surface area contributed by atoms with Crippen molar-refractivity contribution in [3.8, 4) is 0 Å². The molecule has 0 bridgehead atoms. The number of carbonyl (C=O) groups is 1. The summed E-state index contributed by atoms with van der Waals surface area (Å²) in [4.78, 5) is 22.2. The van der Waals surface area contributed by atoms with E-state index in [9.17, 15) is 9.90 Å². The molecule has 25 heavy (non-hydrogen) atoms. The zero-order valence-electron chi connectivity index (χ0n) is 14.4. The van der Waals surface area contributed by atoms with Gasteiger partial charge >= 0.3 is 0 Å². The lowest BCUT2D eigenvalue weighted by molar-refractivity contribution is 0.0710. The van der Waals surface area contributed by atoms with E-state index >= 15 is 0 Å². The molecule has 2 aromatic heterocycles. The number of fused-ring (bicyclic) bond motifs is 1. The van der Waals surface area contributed by atoms with Gasteiger partial charge in [0.05, 0.1) is 43.3 Å². The van der Waals surface area contributed by atoms with Gasteiger partial charge in [0.15, 0.2) is 0 Å². The predicted octanol–water partition coefficient (Wildman–Crippen LogP) is 1.64. The minimum Gasteiger partial charge on any atom is -0.387 e. The van der Waals surface area contributed by atoms with Crippen LogP contribution in [0.5, 0.6) is 0 Å². The summed E-state index contributed by atoms with van der Waals surface area (Å²) in [5.74, 6) is 0.0382. The molecule has 0 radical (unpaired) electrons. The second-order valence-electron chi connectivity index (χ2n) is 6.79. The highest BCUT2D eigenvalue weighted by Gasteiger charge is 2.25. The number of hydrogen-bond acceptors (Lipinski definition) is 6. The molecule has 8 heteroatoms. The highest BCUT2D eigenvalue weighted by atomic mass is 32.1. The van der Waals surface area contributed by atoms with Crippen molar-refractivity contribution < 1.29 is 9.90 Å². The van der Waals surface area contributed by atoms with Crippen molar-refractivity contribution in [3.63, 3.8) is 0 Å². The molecule has 0 saturated carbocycles. The molecule has 134 valence electrons. The molecule has 1 amide bonds. The first-order valence-electron chi connectivity index (χ1n) is 8.81. The third-order valence-electron chi connectivity index (χ3n) is 4.85. The van der Waals surface area contributed by atoms with Crippen molar-refractivity contribution in [2.75, 3.05) is 19.6 Å². The van der Waals surface area contributed by atoms with Gasteiger partial charge in [-0.2, -0.15) is 5.10 Å². The number of nitrogens with zero attached hydrogens (tertiary/aromatic N) is 5. The Kier molecular flexibility index (Phi) is 4.58. The van der Waals surface area contributed by atoms with Gasteiger partial charge in [-0.05, 0) is 38.9 Å². The SMILES string of the molecule is C[C@@H](O)c1cc2n(n1)CCN(C(=O)c1cnc(CN3CCCC3)s1)C2. The number of aliphatic hydroxyl groups is 1. The molecule has 1 fully saturated rings. The van der Waals surface area contributed by atoms with E-state index in [0.29, 0.717) is 30.2 Å². The number of hydrogen-bond donors (Lipinski definition) is 1. The lowest BCUT2D eigenvalue weighted by Gasteiger charge is -2.27. The first-order chi connectivity index (χ1) is 12.1. The lowest BCUT2D eigenvalue weighted by atomic mass is 10.2. The van der Waals surface area contributed by atoms with Crippen LogP contribution in [0.2, 0.25) is 0 Å². The number of carbonyl (C=O) groups excluding carboxylic acids is 1. The Hall–Kier alpha value is -1.77. The van der Waals surface area contributed by atoms with E-state index < -0.39 is 6.10 Å². The summed E-state index contributed by atoms with van der Waals surface area (Å²) >= 11 is 1.51. The Morgan fingerprint density at radius 2 is 2.12 bits per heavy atom. The molecule has 2 aromatic rings. The van der Waals surface area contributed by atoms with Crippen LogP contribution >= 0.6 is 11.3 Å².